The molecule has 0 unspecified atom stereocenters. The molecule has 3 aromatic rings. The smallest absolute Gasteiger partial charge is 0.297 e. The number of fused-ring (bicyclic) bond motifs is 1. The number of benzene rings is 2. The second-order valence-corrected chi connectivity index (χ2v) is 3.85. The number of non-ortho nitro benzene ring substituents is 1. The molecule has 2 aromatic carbocycles. The van der Waals surface area contributed by atoms with Crippen molar-refractivity contribution in [2.75, 3.05) is 0 Å². The van der Waals surface area contributed by atoms with Crippen molar-refractivity contribution in [3.8, 4) is 5.69 Å². The topological polar surface area (TPSA) is 61.0 Å². The summed E-state index contributed by atoms with van der Waals surface area (Å²) in [5.41, 5.74) is 2.10. The molecule has 0 atom stereocenters. The van der Waals surface area contributed by atoms with Crippen LogP contribution in [0.5, 0.6) is 0 Å². The van der Waals surface area contributed by atoms with E-state index >= 15 is 0 Å². The lowest BCUT2D eigenvalue weighted by molar-refractivity contribution is -0.383. The van der Waals surface area contributed by atoms with Crippen molar-refractivity contribution >= 4 is 16.7 Å². The van der Waals surface area contributed by atoms with Crippen LogP contribution in [0.1, 0.15) is 0 Å². The Morgan fingerprint density at radius 1 is 1.06 bits per heavy atom. The van der Waals surface area contributed by atoms with Gasteiger partial charge in [-0.15, -0.1) is 0 Å². The standard InChI is InChI=1S/C13H9N3O2/c17-16(18)12-8-4-7-11-13(12)14-9-15(11)10-5-2-1-3-6-10/h1-9H. The minimum atomic E-state index is -0.412. The third kappa shape index (κ3) is 1.53. The van der Waals surface area contributed by atoms with Gasteiger partial charge in [-0.3, -0.25) is 14.7 Å². The van der Waals surface area contributed by atoms with Crippen LogP contribution in [-0.2, 0) is 0 Å². The molecule has 0 aliphatic heterocycles. The zero-order chi connectivity index (χ0) is 12.5. The number of aromatic nitrogens is 2. The average Bonchev–Trinajstić information content (AvgIpc) is 2.83. The van der Waals surface area contributed by atoms with Crippen LogP contribution < -0.4 is 0 Å². The lowest BCUT2D eigenvalue weighted by atomic mass is 10.2. The minimum Gasteiger partial charge on any atom is -0.299 e. The van der Waals surface area contributed by atoms with E-state index in [1.165, 1.54) is 6.07 Å². The molecule has 0 saturated heterocycles. The van der Waals surface area contributed by atoms with Crippen LogP contribution in [0, 0.1) is 10.1 Å². The summed E-state index contributed by atoms with van der Waals surface area (Å²) < 4.78 is 1.84. The summed E-state index contributed by atoms with van der Waals surface area (Å²) in [7, 11) is 0. The molecule has 0 N–H and O–H groups in total. The van der Waals surface area contributed by atoms with Gasteiger partial charge in [-0.25, -0.2) is 4.98 Å². The molecule has 0 radical (unpaired) electrons. The Hall–Kier alpha value is -2.69. The van der Waals surface area contributed by atoms with Gasteiger partial charge in [-0.1, -0.05) is 24.3 Å². The molecule has 0 aliphatic carbocycles. The van der Waals surface area contributed by atoms with Crippen molar-refractivity contribution in [1.82, 2.24) is 9.55 Å². The quantitative estimate of drug-likeness (QED) is 0.510. The molecule has 5 heteroatoms. The van der Waals surface area contributed by atoms with Gasteiger partial charge in [0.05, 0.1) is 10.4 Å². The van der Waals surface area contributed by atoms with Crippen molar-refractivity contribution in [3.63, 3.8) is 0 Å². The van der Waals surface area contributed by atoms with Gasteiger partial charge in [-0.05, 0) is 18.2 Å². The van der Waals surface area contributed by atoms with Crippen LogP contribution in [0.25, 0.3) is 16.7 Å². The summed E-state index contributed by atoms with van der Waals surface area (Å²) in [6.07, 6.45) is 1.60. The summed E-state index contributed by atoms with van der Waals surface area (Å²) in [4.78, 5) is 14.6. The van der Waals surface area contributed by atoms with Gasteiger partial charge in [0.2, 0.25) is 0 Å². The summed E-state index contributed by atoms with van der Waals surface area (Å²) in [6.45, 7) is 0. The van der Waals surface area contributed by atoms with E-state index in [-0.39, 0.29) is 5.69 Å². The van der Waals surface area contributed by atoms with E-state index < -0.39 is 4.92 Å². The fourth-order valence-corrected chi connectivity index (χ4v) is 1.97. The molecule has 0 fully saturated rings. The van der Waals surface area contributed by atoms with Crippen LogP contribution in [0.15, 0.2) is 54.9 Å². The van der Waals surface area contributed by atoms with Crippen LogP contribution in [0.4, 0.5) is 5.69 Å². The van der Waals surface area contributed by atoms with Gasteiger partial charge in [-0.2, -0.15) is 0 Å². The lowest BCUT2D eigenvalue weighted by Crippen LogP contribution is -1.92. The minimum absolute atomic E-state index is 0.0298. The first kappa shape index (κ1) is 10.5. The number of imidazole rings is 1. The number of para-hydroxylation sites is 2. The van der Waals surface area contributed by atoms with Crippen molar-refractivity contribution < 1.29 is 4.92 Å². The van der Waals surface area contributed by atoms with Gasteiger partial charge >= 0.3 is 0 Å². The van der Waals surface area contributed by atoms with E-state index in [0.717, 1.165) is 11.2 Å². The number of nitrogens with zero attached hydrogens (tertiary/aromatic N) is 3. The molecular formula is C13H9N3O2. The van der Waals surface area contributed by atoms with Crippen molar-refractivity contribution in [2.24, 2.45) is 0 Å². The van der Waals surface area contributed by atoms with Crippen LogP contribution in [0.2, 0.25) is 0 Å². The van der Waals surface area contributed by atoms with Gasteiger partial charge in [0, 0.05) is 11.8 Å². The Balaban J connectivity index is 2.28. The third-order valence-corrected chi connectivity index (χ3v) is 2.79. The van der Waals surface area contributed by atoms with E-state index in [9.17, 15) is 10.1 Å². The number of hydrogen-bond donors (Lipinski definition) is 0. The Labute approximate surface area is 102 Å². The maximum atomic E-state index is 10.9. The maximum absolute atomic E-state index is 10.9. The molecule has 0 bridgehead atoms. The van der Waals surface area contributed by atoms with Gasteiger partial charge in [0.1, 0.15) is 6.33 Å². The number of rotatable bonds is 2. The molecule has 88 valence electrons. The molecular weight excluding hydrogens is 230 g/mol. The fourth-order valence-electron chi connectivity index (χ4n) is 1.97. The van der Waals surface area contributed by atoms with Crippen LogP contribution >= 0.6 is 0 Å². The second-order valence-electron chi connectivity index (χ2n) is 3.85. The predicted molar refractivity (Wildman–Crippen MR) is 67.7 cm³/mol. The number of nitro benzene ring substituents is 1. The van der Waals surface area contributed by atoms with Crippen LogP contribution in [-0.4, -0.2) is 14.5 Å². The number of hydrogen-bond acceptors (Lipinski definition) is 3. The predicted octanol–water partition coefficient (Wildman–Crippen LogP) is 2.93. The monoisotopic (exact) mass is 239 g/mol. The van der Waals surface area contributed by atoms with Gasteiger partial charge in [0.15, 0.2) is 5.52 Å². The normalized spacial score (nSPS) is 10.7. The van der Waals surface area contributed by atoms with Gasteiger partial charge < -0.3 is 0 Å². The number of nitro groups is 1. The second kappa shape index (κ2) is 3.96. The highest BCUT2D eigenvalue weighted by Crippen LogP contribution is 2.25. The van der Waals surface area contributed by atoms with E-state index in [4.69, 9.17) is 0 Å². The Kier molecular flexibility index (Phi) is 2.30. The highest BCUT2D eigenvalue weighted by molar-refractivity contribution is 5.85. The molecule has 5 nitrogen and oxygen atoms in total. The molecule has 3 rings (SSSR count). The van der Waals surface area contributed by atoms with E-state index in [1.807, 2.05) is 41.0 Å². The molecule has 18 heavy (non-hydrogen) atoms. The SMILES string of the molecule is O=[N+]([O-])c1cccc2c1ncn2-c1ccccc1. The van der Waals surface area contributed by atoms with Gasteiger partial charge in [0.25, 0.3) is 5.69 Å². The Morgan fingerprint density at radius 2 is 1.83 bits per heavy atom. The zero-order valence-electron chi connectivity index (χ0n) is 9.35. The van der Waals surface area contributed by atoms with Crippen molar-refractivity contribution in [3.05, 3.63) is 65.0 Å². The maximum Gasteiger partial charge on any atom is 0.297 e. The van der Waals surface area contributed by atoms with Crippen molar-refractivity contribution in [1.29, 1.82) is 0 Å². The molecule has 0 aliphatic rings. The lowest BCUT2D eigenvalue weighted by Gasteiger charge is -2.03. The molecule has 0 amide bonds. The summed E-state index contributed by atoms with van der Waals surface area (Å²) in [6, 6.07) is 14.6. The Bertz CT molecular complexity index is 719. The Morgan fingerprint density at radius 3 is 2.56 bits per heavy atom. The first-order valence-corrected chi connectivity index (χ1v) is 5.43. The highest BCUT2D eigenvalue weighted by atomic mass is 16.6. The fraction of sp³-hybridized carbons (Fsp3) is 0. The largest absolute Gasteiger partial charge is 0.299 e. The van der Waals surface area contributed by atoms with E-state index in [1.54, 1.807) is 12.4 Å². The summed E-state index contributed by atoms with van der Waals surface area (Å²) in [5.74, 6) is 0. The average molecular weight is 239 g/mol. The van der Waals surface area contributed by atoms with Crippen LogP contribution in [0.3, 0.4) is 0 Å². The highest BCUT2D eigenvalue weighted by Gasteiger charge is 2.15. The summed E-state index contributed by atoms with van der Waals surface area (Å²) in [5, 5.41) is 10.9. The summed E-state index contributed by atoms with van der Waals surface area (Å²) >= 11 is 0. The molecule has 0 spiro atoms. The zero-order valence-corrected chi connectivity index (χ0v) is 9.35. The third-order valence-electron chi connectivity index (χ3n) is 2.79. The van der Waals surface area contributed by atoms with E-state index in [2.05, 4.69) is 4.98 Å². The first-order valence-electron chi connectivity index (χ1n) is 5.43. The van der Waals surface area contributed by atoms with E-state index in [0.29, 0.717) is 5.52 Å². The molecule has 0 saturated carbocycles. The molecule has 1 aromatic heterocycles. The van der Waals surface area contributed by atoms with Crippen molar-refractivity contribution in [2.45, 2.75) is 0 Å². The molecule has 1 heterocycles. The first-order chi connectivity index (χ1) is 8.77.